The van der Waals surface area contributed by atoms with Crippen molar-refractivity contribution >= 4 is 5.91 Å². The van der Waals surface area contributed by atoms with Gasteiger partial charge in [-0.05, 0) is 30.0 Å². The molecule has 1 heterocycles. The van der Waals surface area contributed by atoms with Gasteiger partial charge in [0.25, 0.3) is 5.91 Å². The van der Waals surface area contributed by atoms with Crippen LogP contribution in [0.5, 0.6) is 17.5 Å². The van der Waals surface area contributed by atoms with E-state index >= 15 is 0 Å². The summed E-state index contributed by atoms with van der Waals surface area (Å²) in [5.74, 6) is 1.35. The SMILES string of the molecule is CCc1ccc(-c2nc(OCC(C)C)nn2C(=O)c2ccc(OC)cc2OC)cc1. The molecule has 1 aromatic heterocycles. The van der Waals surface area contributed by atoms with Crippen LogP contribution < -0.4 is 14.2 Å². The molecule has 158 valence electrons. The molecule has 0 spiro atoms. The van der Waals surface area contributed by atoms with Gasteiger partial charge in [-0.2, -0.15) is 9.67 Å². The van der Waals surface area contributed by atoms with E-state index in [0.717, 1.165) is 12.0 Å². The highest BCUT2D eigenvalue weighted by molar-refractivity contribution is 6.00. The zero-order chi connectivity index (χ0) is 21.7. The Morgan fingerprint density at radius 1 is 1.07 bits per heavy atom. The number of hydrogen-bond acceptors (Lipinski definition) is 6. The van der Waals surface area contributed by atoms with Crippen LogP contribution >= 0.6 is 0 Å². The van der Waals surface area contributed by atoms with E-state index in [2.05, 4.69) is 17.0 Å². The summed E-state index contributed by atoms with van der Waals surface area (Å²) in [5, 5.41) is 4.34. The minimum Gasteiger partial charge on any atom is -0.497 e. The molecule has 2 aromatic carbocycles. The molecule has 3 rings (SSSR count). The maximum atomic E-state index is 13.4. The van der Waals surface area contributed by atoms with Crippen molar-refractivity contribution in [3.63, 3.8) is 0 Å². The molecule has 0 saturated heterocycles. The fraction of sp³-hybridized carbons (Fsp3) is 0.348. The molecule has 0 bridgehead atoms. The first-order chi connectivity index (χ1) is 14.5. The molecule has 0 aliphatic carbocycles. The summed E-state index contributed by atoms with van der Waals surface area (Å²) in [6.45, 7) is 6.62. The molecular formula is C23H27N3O4. The van der Waals surface area contributed by atoms with Gasteiger partial charge in [-0.3, -0.25) is 4.79 Å². The smallest absolute Gasteiger partial charge is 0.336 e. The monoisotopic (exact) mass is 409 g/mol. The second-order valence-electron chi connectivity index (χ2n) is 7.26. The van der Waals surface area contributed by atoms with E-state index in [0.29, 0.717) is 35.4 Å². The van der Waals surface area contributed by atoms with E-state index in [9.17, 15) is 4.79 Å². The van der Waals surface area contributed by atoms with E-state index in [1.165, 1.54) is 17.4 Å². The van der Waals surface area contributed by atoms with Crippen LogP contribution in [0.3, 0.4) is 0 Å². The predicted molar refractivity (Wildman–Crippen MR) is 114 cm³/mol. The van der Waals surface area contributed by atoms with Crippen LogP contribution in [0, 0.1) is 5.92 Å². The van der Waals surface area contributed by atoms with Gasteiger partial charge < -0.3 is 14.2 Å². The first kappa shape index (κ1) is 21.4. The molecule has 0 amide bonds. The zero-order valence-corrected chi connectivity index (χ0v) is 18.0. The second kappa shape index (κ2) is 9.43. The summed E-state index contributed by atoms with van der Waals surface area (Å²) in [6.07, 6.45) is 0.928. The molecule has 0 fully saturated rings. The lowest BCUT2D eigenvalue weighted by atomic mass is 10.1. The zero-order valence-electron chi connectivity index (χ0n) is 18.0. The maximum Gasteiger partial charge on any atom is 0.336 e. The van der Waals surface area contributed by atoms with Crippen molar-refractivity contribution < 1.29 is 19.0 Å². The van der Waals surface area contributed by atoms with Crippen LogP contribution in [0.4, 0.5) is 0 Å². The Morgan fingerprint density at radius 3 is 2.40 bits per heavy atom. The lowest BCUT2D eigenvalue weighted by Crippen LogP contribution is -2.16. The lowest BCUT2D eigenvalue weighted by Gasteiger charge is -2.10. The van der Waals surface area contributed by atoms with Gasteiger partial charge >= 0.3 is 6.01 Å². The number of rotatable bonds is 8. The number of aryl methyl sites for hydroxylation is 1. The standard InChI is InChI=1S/C23H27N3O4/c1-6-16-7-9-17(10-8-16)21-24-23(30-14-15(2)3)25-26(21)22(27)19-12-11-18(28-4)13-20(19)29-5/h7-13,15H,6,14H2,1-5H3. The first-order valence-corrected chi connectivity index (χ1v) is 9.92. The lowest BCUT2D eigenvalue weighted by molar-refractivity contribution is 0.0941. The van der Waals surface area contributed by atoms with E-state index < -0.39 is 0 Å². The molecular weight excluding hydrogens is 382 g/mol. The fourth-order valence-electron chi connectivity index (χ4n) is 2.90. The molecule has 30 heavy (non-hydrogen) atoms. The van der Waals surface area contributed by atoms with E-state index in [-0.39, 0.29) is 11.9 Å². The number of nitrogens with zero attached hydrogens (tertiary/aromatic N) is 3. The number of aromatic nitrogens is 3. The van der Waals surface area contributed by atoms with Crippen molar-refractivity contribution in [1.29, 1.82) is 0 Å². The minimum absolute atomic E-state index is 0.166. The molecule has 0 aliphatic rings. The summed E-state index contributed by atoms with van der Waals surface area (Å²) >= 11 is 0. The minimum atomic E-state index is -0.365. The van der Waals surface area contributed by atoms with Crippen LogP contribution in [-0.2, 0) is 6.42 Å². The van der Waals surface area contributed by atoms with Crippen molar-refractivity contribution in [2.24, 2.45) is 5.92 Å². The molecule has 0 radical (unpaired) electrons. The van der Waals surface area contributed by atoms with Gasteiger partial charge in [-0.1, -0.05) is 45.0 Å². The van der Waals surface area contributed by atoms with E-state index in [1.807, 2.05) is 38.1 Å². The summed E-state index contributed by atoms with van der Waals surface area (Å²) in [6, 6.07) is 13.1. The summed E-state index contributed by atoms with van der Waals surface area (Å²) in [4.78, 5) is 17.9. The Labute approximate surface area is 176 Å². The number of methoxy groups -OCH3 is 2. The van der Waals surface area contributed by atoms with Crippen molar-refractivity contribution in [3.05, 3.63) is 53.6 Å². The fourth-order valence-corrected chi connectivity index (χ4v) is 2.90. The molecule has 0 saturated carbocycles. The third kappa shape index (κ3) is 4.62. The normalized spacial score (nSPS) is 10.9. The molecule has 3 aromatic rings. The Balaban J connectivity index is 2.06. The van der Waals surface area contributed by atoms with Crippen molar-refractivity contribution in [2.75, 3.05) is 20.8 Å². The Kier molecular flexibility index (Phi) is 6.72. The molecule has 0 unspecified atom stereocenters. The van der Waals surface area contributed by atoms with Crippen LogP contribution in [0.15, 0.2) is 42.5 Å². The van der Waals surface area contributed by atoms with Crippen LogP contribution in [-0.4, -0.2) is 41.5 Å². The average molecular weight is 409 g/mol. The highest BCUT2D eigenvalue weighted by atomic mass is 16.5. The topological polar surface area (TPSA) is 75.5 Å². The quantitative estimate of drug-likeness (QED) is 0.554. The summed E-state index contributed by atoms with van der Waals surface area (Å²) < 4.78 is 17.6. The highest BCUT2D eigenvalue weighted by Crippen LogP contribution is 2.28. The molecule has 0 N–H and O–H groups in total. The average Bonchev–Trinajstić information content (AvgIpc) is 3.21. The van der Waals surface area contributed by atoms with Gasteiger partial charge in [0.2, 0.25) is 0 Å². The van der Waals surface area contributed by atoms with Crippen LogP contribution in [0.25, 0.3) is 11.4 Å². The third-order valence-corrected chi connectivity index (χ3v) is 4.59. The third-order valence-electron chi connectivity index (χ3n) is 4.59. The van der Waals surface area contributed by atoms with Gasteiger partial charge in [0.05, 0.1) is 26.4 Å². The van der Waals surface area contributed by atoms with Crippen molar-refractivity contribution in [1.82, 2.24) is 14.8 Å². The second-order valence-corrected chi connectivity index (χ2v) is 7.26. The number of carbonyl (C=O) groups is 1. The first-order valence-electron chi connectivity index (χ1n) is 9.92. The van der Waals surface area contributed by atoms with Crippen molar-refractivity contribution in [2.45, 2.75) is 27.2 Å². The largest absolute Gasteiger partial charge is 0.497 e. The summed E-state index contributed by atoms with van der Waals surface area (Å²) in [5.41, 5.74) is 2.33. The van der Waals surface area contributed by atoms with Gasteiger partial charge in [0.15, 0.2) is 5.82 Å². The highest BCUT2D eigenvalue weighted by Gasteiger charge is 2.23. The van der Waals surface area contributed by atoms with Crippen LogP contribution in [0.1, 0.15) is 36.7 Å². The van der Waals surface area contributed by atoms with Crippen LogP contribution in [0.2, 0.25) is 0 Å². The molecule has 0 aliphatic heterocycles. The van der Waals surface area contributed by atoms with Gasteiger partial charge in [-0.15, -0.1) is 5.10 Å². The maximum absolute atomic E-state index is 13.4. The van der Waals surface area contributed by atoms with Gasteiger partial charge in [0.1, 0.15) is 11.5 Å². The Bertz CT molecular complexity index is 1010. The predicted octanol–water partition coefficient (Wildman–Crippen LogP) is 4.25. The van der Waals surface area contributed by atoms with Crippen molar-refractivity contribution in [3.8, 4) is 28.9 Å². The number of ether oxygens (including phenoxy) is 3. The van der Waals surface area contributed by atoms with Gasteiger partial charge in [0, 0.05) is 11.6 Å². The van der Waals surface area contributed by atoms with E-state index in [1.54, 1.807) is 25.3 Å². The Hall–Kier alpha value is -3.35. The molecule has 0 atom stereocenters. The van der Waals surface area contributed by atoms with E-state index in [4.69, 9.17) is 14.2 Å². The van der Waals surface area contributed by atoms with Gasteiger partial charge in [-0.25, -0.2) is 0 Å². The summed E-state index contributed by atoms with van der Waals surface area (Å²) in [7, 11) is 3.07. The Morgan fingerprint density at radius 2 is 1.80 bits per heavy atom. The number of benzene rings is 2. The number of hydrogen-bond donors (Lipinski definition) is 0. The number of carbonyl (C=O) groups excluding carboxylic acids is 1. The molecule has 7 heteroatoms. The molecule has 7 nitrogen and oxygen atoms in total.